The van der Waals surface area contributed by atoms with Crippen molar-refractivity contribution in [2.45, 2.75) is 32.6 Å². The lowest BCUT2D eigenvalue weighted by Crippen LogP contribution is -2.47. The van der Waals surface area contributed by atoms with E-state index in [1.54, 1.807) is 0 Å². The monoisotopic (exact) mass is 292 g/mol. The number of hydrogen-bond donors (Lipinski definition) is 1. The van der Waals surface area contributed by atoms with Gasteiger partial charge in [0.2, 0.25) is 0 Å². The quantitative estimate of drug-likeness (QED) is 0.904. The third-order valence-corrected chi connectivity index (χ3v) is 3.76. The first-order chi connectivity index (χ1) is 9.86. The van der Waals surface area contributed by atoms with Crippen LogP contribution >= 0.6 is 0 Å². The first-order valence-electron chi connectivity index (χ1n) is 7.39. The second-order valence-corrected chi connectivity index (χ2v) is 6.50. The summed E-state index contributed by atoms with van der Waals surface area (Å²) in [5.74, 6) is 0.168. The van der Waals surface area contributed by atoms with E-state index in [1.165, 1.54) is 0 Å². The maximum atomic E-state index is 10.6. The zero-order chi connectivity index (χ0) is 15.5. The molecule has 0 radical (unpaired) electrons. The topological polar surface area (TPSA) is 69.6 Å². The van der Waals surface area contributed by atoms with Crippen molar-refractivity contribution in [2.24, 2.45) is 0 Å². The number of aliphatic carboxylic acids is 1. The maximum Gasteiger partial charge on any atom is 0.304 e. The van der Waals surface area contributed by atoms with E-state index in [-0.39, 0.29) is 11.8 Å². The van der Waals surface area contributed by atoms with E-state index in [0.29, 0.717) is 6.54 Å². The molecule has 0 aromatic carbocycles. The fraction of sp³-hybridized carbons (Fsp3) is 0.667. The van der Waals surface area contributed by atoms with Crippen LogP contribution < -0.4 is 4.90 Å². The number of hydrogen-bond acceptors (Lipinski definition) is 5. The van der Waals surface area contributed by atoms with E-state index in [2.05, 4.69) is 40.8 Å². The molecule has 0 aliphatic carbocycles. The van der Waals surface area contributed by atoms with Gasteiger partial charge in [-0.1, -0.05) is 20.8 Å². The minimum Gasteiger partial charge on any atom is -0.481 e. The van der Waals surface area contributed by atoms with Crippen molar-refractivity contribution < 1.29 is 9.90 Å². The zero-order valence-electron chi connectivity index (χ0n) is 13.0. The Labute approximate surface area is 125 Å². The molecule has 1 aliphatic heterocycles. The summed E-state index contributed by atoms with van der Waals surface area (Å²) >= 11 is 0. The largest absolute Gasteiger partial charge is 0.481 e. The summed E-state index contributed by atoms with van der Waals surface area (Å²) in [6.07, 6.45) is 0.208. The van der Waals surface area contributed by atoms with Crippen molar-refractivity contribution >= 4 is 11.8 Å². The molecule has 1 N–H and O–H groups in total. The molecule has 1 aromatic rings. The molecule has 116 valence electrons. The van der Waals surface area contributed by atoms with Crippen molar-refractivity contribution in [1.82, 2.24) is 15.1 Å². The van der Waals surface area contributed by atoms with E-state index >= 15 is 0 Å². The van der Waals surface area contributed by atoms with Gasteiger partial charge in [-0.15, -0.1) is 5.10 Å². The summed E-state index contributed by atoms with van der Waals surface area (Å²) in [5.41, 5.74) is 1.01. The molecule has 2 heterocycles. The average Bonchev–Trinajstić information content (AvgIpc) is 2.45. The normalized spacial score (nSPS) is 17.0. The number of anilines is 1. The molecule has 0 saturated carbocycles. The molecule has 1 fully saturated rings. The second-order valence-electron chi connectivity index (χ2n) is 6.50. The van der Waals surface area contributed by atoms with Crippen LogP contribution in [0.15, 0.2) is 12.1 Å². The van der Waals surface area contributed by atoms with Crippen LogP contribution in [0.3, 0.4) is 0 Å². The van der Waals surface area contributed by atoms with E-state index in [1.807, 2.05) is 12.1 Å². The predicted molar refractivity (Wildman–Crippen MR) is 81.6 cm³/mol. The highest BCUT2D eigenvalue weighted by Gasteiger charge is 2.20. The molecule has 1 saturated heterocycles. The van der Waals surface area contributed by atoms with E-state index in [0.717, 1.165) is 37.7 Å². The molecular weight excluding hydrogens is 268 g/mol. The van der Waals surface area contributed by atoms with Crippen LogP contribution in [0.5, 0.6) is 0 Å². The van der Waals surface area contributed by atoms with E-state index in [4.69, 9.17) is 5.11 Å². The smallest absolute Gasteiger partial charge is 0.304 e. The van der Waals surface area contributed by atoms with Crippen molar-refractivity contribution in [3.8, 4) is 0 Å². The molecule has 1 aromatic heterocycles. The summed E-state index contributed by atoms with van der Waals surface area (Å²) in [6.45, 7) is 10.5. The summed E-state index contributed by atoms with van der Waals surface area (Å²) < 4.78 is 0. The minimum absolute atomic E-state index is 0.0149. The Morgan fingerprint density at radius 3 is 2.33 bits per heavy atom. The van der Waals surface area contributed by atoms with Gasteiger partial charge in [0, 0.05) is 38.1 Å². The van der Waals surface area contributed by atoms with Crippen LogP contribution in [0.25, 0.3) is 0 Å². The Bertz CT molecular complexity index is 473. The molecule has 6 nitrogen and oxygen atoms in total. The molecular formula is C15H24N4O2. The highest BCUT2D eigenvalue weighted by molar-refractivity contribution is 5.66. The van der Waals surface area contributed by atoms with Crippen LogP contribution in [0.2, 0.25) is 0 Å². The van der Waals surface area contributed by atoms with E-state index in [9.17, 15) is 4.79 Å². The molecule has 0 amide bonds. The fourth-order valence-electron chi connectivity index (χ4n) is 2.35. The predicted octanol–water partition coefficient (Wildman–Crippen LogP) is 1.37. The third-order valence-electron chi connectivity index (χ3n) is 3.76. The number of carboxylic acid groups (broad SMARTS) is 1. The summed E-state index contributed by atoms with van der Waals surface area (Å²) in [6, 6.07) is 4.07. The molecule has 21 heavy (non-hydrogen) atoms. The molecule has 2 rings (SSSR count). The van der Waals surface area contributed by atoms with Crippen LogP contribution in [0.4, 0.5) is 5.82 Å². The van der Waals surface area contributed by atoms with Gasteiger partial charge in [-0.3, -0.25) is 9.69 Å². The molecule has 0 spiro atoms. The van der Waals surface area contributed by atoms with Crippen molar-refractivity contribution in [1.29, 1.82) is 0 Å². The van der Waals surface area contributed by atoms with Crippen molar-refractivity contribution in [2.75, 3.05) is 37.6 Å². The lowest BCUT2D eigenvalue weighted by molar-refractivity contribution is -0.137. The highest BCUT2D eigenvalue weighted by Crippen LogP contribution is 2.21. The number of aromatic nitrogens is 2. The number of nitrogens with zero attached hydrogens (tertiary/aromatic N) is 4. The Hall–Kier alpha value is -1.69. The number of carboxylic acids is 1. The first kappa shape index (κ1) is 15.7. The maximum absolute atomic E-state index is 10.6. The van der Waals surface area contributed by atoms with Gasteiger partial charge in [-0.2, -0.15) is 5.10 Å². The summed E-state index contributed by atoms with van der Waals surface area (Å²) in [7, 11) is 0. The average molecular weight is 292 g/mol. The van der Waals surface area contributed by atoms with Crippen LogP contribution in [-0.2, 0) is 10.2 Å². The Kier molecular flexibility index (Phi) is 4.77. The van der Waals surface area contributed by atoms with Gasteiger partial charge < -0.3 is 10.0 Å². The Morgan fingerprint density at radius 2 is 1.86 bits per heavy atom. The summed E-state index contributed by atoms with van der Waals surface area (Å²) in [5, 5.41) is 17.4. The van der Waals surface area contributed by atoms with Gasteiger partial charge in [0.25, 0.3) is 0 Å². The lowest BCUT2D eigenvalue weighted by atomic mass is 9.92. The Balaban J connectivity index is 1.89. The van der Waals surface area contributed by atoms with Gasteiger partial charge in [0.05, 0.1) is 12.1 Å². The lowest BCUT2D eigenvalue weighted by Gasteiger charge is -2.35. The van der Waals surface area contributed by atoms with Gasteiger partial charge in [-0.25, -0.2) is 0 Å². The fourth-order valence-corrected chi connectivity index (χ4v) is 2.35. The van der Waals surface area contributed by atoms with Crippen molar-refractivity contribution in [3.05, 3.63) is 17.8 Å². The van der Waals surface area contributed by atoms with Gasteiger partial charge in [0.1, 0.15) is 0 Å². The van der Waals surface area contributed by atoms with Gasteiger partial charge in [0.15, 0.2) is 5.82 Å². The van der Waals surface area contributed by atoms with Crippen molar-refractivity contribution in [3.63, 3.8) is 0 Å². The van der Waals surface area contributed by atoms with Crippen LogP contribution in [0, 0.1) is 0 Å². The third kappa shape index (κ3) is 4.39. The molecule has 0 bridgehead atoms. The molecule has 6 heteroatoms. The van der Waals surface area contributed by atoms with Gasteiger partial charge >= 0.3 is 5.97 Å². The van der Waals surface area contributed by atoms with Crippen LogP contribution in [-0.4, -0.2) is 58.9 Å². The molecule has 0 atom stereocenters. The highest BCUT2D eigenvalue weighted by atomic mass is 16.4. The molecule has 0 unspecified atom stereocenters. The summed E-state index contributed by atoms with van der Waals surface area (Å²) in [4.78, 5) is 15.0. The minimum atomic E-state index is -0.735. The number of carbonyl (C=O) groups is 1. The van der Waals surface area contributed by atoms with E-state index < -0.39 is 5.97 Å². The molecule has 1 aliphatic rings. The second kappa shape index (κ2) is 6.39. The van der Waals surface area contributed by atoms with Gasteiger partial charge in [-0.05, 0) is 12.1 Å². The first-order valence-corrected chi connectivity index (χ1v) is 7.39. The standard InChI is InChI=1S/C15H24N4O2/c1-15(2,3)12-4-5-13(17-16-12)19-10-8-18(9-11-19)7-6-14(20)21/h4-5H,6-11H2,1-3H3,(H,20,21). The number of piperazine rings is 1. The van der Waals surface area contributed by atoms with Crippen LogP contribution in [0.1, 0.15) is 32.9 Å². The number of rotatable bonds is 4. The Morgan fingerprint density at radius 1 is 1.19 bits per heavy atom. The zero-order valence-corrected chi connectivity index (χ0v) is 13.0. The SMILES string of the molecule is CC(C)(C)c1ccc(N2CCN(CCC(=O)O)CC2)nn1.